The number of sulfonamides is 1. The number of aryl methyl sites for hydroxylation is 1. The van der Waals surface area contributed by atoms with Crippen molar-refractivity contribution in [2.75, 3.05) is 23.0 Å². The van der Waals surface area contributed by atoms with Crippen LogP contribution in [-0.4, -0.2) is 33.7 Å². The Morgan fingerprint density at radius 1 is 1.22 bits per heavy atom. The molecule has 27 heavy (non-hydrogen) atoms. The molecule has 0 heterocycles. The van der Waals surface area contributed by atoms with E-state index >= 15 is 0 Å². The minimum Gasteiger partial charge on any atom is -0.495 e. The lowest BCUT2D eigenvalue weighted by Gasteiger charge is -2.28. The highest BCUT2D eigenvalue weighted by Gasteiger charge is 2.29. The third-order valence-corrected chi connectivity index (χ3v) is 5.58. The van der Waals surface area contributed by atoms with E-state index in [-0.39, 0.29) is 0 Å². The van der Waals surface area contributed by atoms with Crippen molar-refractivity contribution in [2.24, 2.45) is 0 Å². The van der Waals surface area contributed by atoms with Gasteiger partial charge in [0.15, 0.2) is 0 Å². The van der Waals surface area contributed by atoms with Gasteiger partial charge < -0.3 is 10.1 Å². The van der Waals surface area contributed by atoms with Crippen molar-refractivity contribution < 1.29 is 17.9 Å². The summed E-state index contributed by atoms with van der Waals surface area (Å²) in [4.78, 5) is 12.8. The van der Waals surface area contributed by atoms with Crippen LogP contribution in [0, 0.1) is 0 Å². The van der Waals surface area contributed by atoms with E-state index in [2.05, 4.69) is 5.32 Å². The van der Waals surface area contributed by atoms with Crippen molar-refractivity contribution in [3.63, 3.8) is 0 Å². The van der Waals surface area contributed by atoms with E-state index in [1.165, 1.54) is 14.0 Å². The molecule has 1 amide bonds. The molecule has 0 bridgehead atoms. The van der Waals surface area contributed by atoms with Gasteiger partial charge in [0.1, 0.15) is 11.8 Å². The van der Waals surface area contributed by atoms with Crippen molar-refractivity contribution in [1.82, 2.24) is 0 Å². The molecule has 0 spiro atoms. The summed E-state index contributed by atoms with van der Waals surface area (Å²) in [6.45, 7) is 3.54. The maximum atomic E-state index is 12.8. The molecule has 146 valence electrons. The van der Waals surface area contributed by atoms with E-state index in [0.29, 0.717) is 22.1 Å². The molecule has 0 aliphatic rings. The normalized spacial score (nSPS) is 12.3. The van der Waals surface area contributed by atoms with Gasteiger partial charge in [-0.2, -0.15) is 0 Å². The molecule has 0 unspecified atom stereocenters. The maximum absolute atomic E-state index is 12.8. The molecule has 1 atom stereocenters. The molecule has 6 nitrogen and oxygen atoms in total. The molecule has 1 N–H and O–H groups in total. The fourth-order valence-corrected chi connectivity index (χ4v) is 4.05. The lowest BCUT2D eigenvalue weighted by molar-refractivity contribution is -0.116. The zero-order valence-electron chi connectivity index (χ0n) is 15.7. The fourth-order valence-electron chi connectivity index (χ4n) is 2.70. The fraction of sp³-hybridized carbons (Fsp3) is 0.316. The minimum absolute atomic E-state index is 0.372. The monoisotopic (exact) mass is 410 g/mol. The highest BCUT2D eigenvalue weighted by atomic mass is 35.5. The van der Waals surface area contributed by atoms with Crippen LogP contribution in [0.3, 0.4) is 0 Å². The molecule has 0 aliphatic heterocycles. The first-order chi connectivity index (χ1) is 12.7. The quantitative estimate of drug-likeness (QED) is 0.755. The van der Waals surface area contributed by atoms with E-state index in [0.717, 1.165) is 22.5 Å². The Labute approximate surface area is 165 Å². The Morgan fingerprint density at radius 2 is 1.85 bits per heavy atom. The van der Waals surface area contributed by atoms with Crippen molar-refractivity contribution in [1.29, 1.82) is 0 Å². The molecule has 0 aliphatic carbocycles. The Morgan fingerprint density at radius 3 is 2.37 bits per heavy atom. The van der Waals surface area contributed by atoms with Crippen molar-refractivity contribution in [3.05, 3.63) is 53.1 Å². The number of hydrogen-bond donors (Lipinski definition) is 1. The van der Waals surface area contributed by atoms with E-state index in [9.17, 15) is 13.2 Å². The number of nitrogens with one attached hydrogen (secondary N) is 1. The van der Waals surface area contributed by atoms with E-state index in [1.54, 1.807) is 30.3 Å². The molecule has 0 fully saturated rings. The topological polar surface area (TPSA) is 75.7 Å². The lowest BCUT2D eigenvalue weighted by Crippen LogP contribution is -2.45. The largest absolute Gasteiger partial charge is 0.495 e. The van der Waals surface area contributed by atoms with Crippen LogP contribution < -0.4 is 14.4 Å². The number of nitrogens with zero attached hydrogens (tertiary/aromatic N) is 1. The highest BCUT2D eigenvalue weighted by Crippen LogP contribution is 2.29. The summed E-state index contributed by atoms with van der Waals surface area (Å²) in [6, 6.07) is 10.9. The second kappa shape index (κ2) is 8.63. The van der Waals surface area contributed by atoms with Crippen LogP contribution in [0.4, 0.5) is 11.4 Å². The van der Waals surface area contributed by atoms with Crippen LogP contribution in [0.25, 0.3) is 0 Å². The van der Waals surface area contributed by atoms with Gasteiger partial charge in [-0.3, -0.25) is 9.10 Å². The Kier molecular flexibility index (Phi) is 6.73. The molecular weight excluding hydrogens is 388 g/mol. The summed E-state index contributed by atoms with van der Waals surface area (Å²) >= 11 is 5.98. The first kappa shape index (κ1) is 21.1. The van der Waals surface area contributed by atoms with E-state index < -0.39 is 22.0 Å². The molecule has 2 aromatic rings. The van der Waals surface area contributed by atoms with Crippen LogP contribution in [0.2, 0.25) is 5.02 Å². The highest BCUT2D eigenvalue weighted by molar-refractivity contribution is 7.92. The number of benzene rings is 2. The van der Waals surface area contributed by atoms with Crippen LogP contribution in [0.1, 0.15) is 19.4 Å². The second-order valence-electron chi connectivity index (χ2n) is 6.09. The molecule has 2 aromatic carbocycles. The SMILES string of the molecule is CCc1ccc(N([C@H](C)C(=O)Nc2cc(Cl)ccc2OC)S(C)(=O)=O)cc1. The Balaban J connectivity index is 2.33. The number of halogens is 1. The van der Waals surface area contributed by atoms with Crippen molar-refractivity contribution in [2.45, 2.75) is 26.3 Å². The summed E-state index contributed by atoms with van der Waals surface area (Å²) in [6.07, 6.45) is 1.91. The van der Waals surface area contributed by atoms with Crippen LogP contribution >= 0.6 is 11.6 Å². The first-order valence-electron chi connectivity index (χ1n) is 8.40. The van der Waals surface area contributed by atoms with Gasteiger partial charge in [0.2, 0.25) is 15.9 Å². The van der Waals surface area contributed by atoms with Gasteiger partial charge in [0, 0.05) is 5.02 Å². The van der Waals surface area contributed by atoms with Gasteiger partial charge in [0.05, 0.1) is 24.7 Å². The third kappa shape index (κ3) is 5.14. The number of methoxy groups -OCH3 is 1. The zero-order valence-corrected chi connectivity index (χ0v) is 17.3. The predicted molar refractivity (Wildman–Crippen MR) is 109 cm³/mol. The van der Waals surface area contributed by atoms with Gasteiger partial charge in [-0.1, -0.05) is 30.7 Å². The van der Waals surface area contributed by atoms with E-state index in [1.807, 2.05) is 19.1 Å². The Bertz CT molecular complexity index is 914. The van der Waals surface area contributed by atoms with Crippen molar-refractivity contribution >= 4 is 38.9 Å². The molecule has 0 saturated carbocycles. The maximum Gasteiger partial charge on any atom is 0.248 e. The molecular formula is C19H23ClN2O4S. The summed E-state index contributed by atoms with van der Waals surface area (Å²) in [5, 5.41) is 3.12. The number of ether oxygens (including phenoxy) is 1. The number of amides is 1. The molecule has 0 saturated heterocycles. The standard InChI is InChI=1S/C19H23ClN2O4S/c1-5-14-6-9-16(10-7-14)22(27(4,24)25)13(2)19(23)21-17-12-15(20)8-11-18(17)26-3/h6-13H,5H2,1-4H3,(H,21,23)/t13-/m1/s1. The summed E-state index contributed by atoms with van der Waals surface area (Å²) in [5.41, 5.74) is 1.88. The summed E-state index contributed by atoms with van der Waals surface area (Å²) < 4.78 is 31.0. The number of anilines is 2. The third-order valence-electron chi connectivity index (χ3n) is 4.11. The average Bonchev–Trinajstić information content (AvgIpc) is 2.61. The van der Waals surface area contributed by atoms with Crippen LogP contribution in [0.5, 0.6) is 5.75 Å². The molecule has 0 radical (unpaired) electrons. The summed E-state index contributed by atoms with van der Waals surface area (Å²) in [5.74, 6) is -0.0706. The number of rotatable bonds is 7. The first-order valence-corrected chi connectivity index (χ1v) is 10.6. The van der Waals surface area contributed by atoms with Gasteiger partial charge in [-0.15, -0.1) is 0 Å². The number of carbonyl (C=O) groups excluding carboxylic acids is 1. The van der Waals surface area contributed by atoms with Gasteiger partial charge in [0.25, 0.3) is 0 Å². The van der Waals surface area contributed by atoms with Crippen molar-refractivity contribution in [3.8, 4) is 5.75 Å². The Hall–Kier alpha value is -2.25. The second-order valence-corrected chi connectivity index (χ2v) is 8.38. The van der Waals surface area contributed by atoms with Gasteiger partial charge in [-0.05, 0) is 49.2 Å². The van der Waals surface area contributed by atoms with Crippen LogP contribution in [-0.2, 0) is 21.2 Å². The molecule has 2 rings (SSSR count). The zero-order chi connectivity index (χ0) is 20.2. The summed E-state index contributed by atoms with van der Waals surface area (Å²) in [7, 11) is -2.21. The van der Waals surface area contributed by atoms with E-state index in [4.69, 9.17) is 16.3 Å². The van der Waals surface area contributed by atoms with Crippen LogP contribution in [0.15, 0.2) is 42.5 Å². The average molecular weight is 411 g/mol. The predicted octanol–water partition coefficient (Wildman–Crippen LogP) is 3.70. The van der Waals surface area contributed by atoms with Gasteiger partial charge >= 0.3 is 0 Å². The van der Waals surface area contributed by atoms with Gasteiger partial charge in [-0.25, -0.2) is 8.42 Å². The number of hydrogen-bond acceptors (Lipinski definition) is 4. The lowest BCUT2D eigenvalue weighted by atomic mass is 10.1. The molecule has 8 heteroatoms. The number of carbonyl (C=O) groups is 1. The smallest absolute Gasteiger partial charge is 0.248 e. The molecule has 0 aromatic heterocycles. The minimum atomic E-state index is -3.68.